The lowest BCUT2D eigenvalue weighted by molar-refractivity contribution is -0.124. The Morgan fingerprint density at radius 3 is 1.95 bits per heavy atom. The molecule has 0 heterocycles. The van der Waals surface area contributed by atoms with E-state index in [9.17, 15) is 9.59 Å². The van der Waals surface area contributed by atoms with Gasteiger partial charge >= 0.3 is 0 Å². The van der Waals surface area contributed by atoms with Gasteiger partial charge < -0.3 is 10.6 Å². The number of rotatable bonds is 9. The zero-order chi connectivity index (χ0) is 16.1. The first-order chi connectivity index (χ1) is 9.34. The van der Waals surface area contributed by atoms with E-state index < -0.39 is 0 Å². The molecule has 0 aliphatic heterocycles. The summed E-state index contributed by atoms with van der Waals surface area (Å²) in [5.41, 5.74) is 0. The number of unbranched alkanes of at least 4 members (excludes halogenated alkanes) is 1. The van der Waals surface area contributed by atoms with Gasteiger partial charge in [0.2, 0.25) is 5.91 Å². The first-order valence-electron chi connectivity index (χ1n) is 7.88. The molecule has 0 aliphatic carbocycles. The number of hydrogen-bond acceptors (Lipinski definition) is 3. The van der Waals surface area contributed by atoms with Crippen molar-refractivity contribution in [3.8, 4) is 0 Å². The highest BCUT2D eigenvalue weighted by Crippen LogP contribution is 2.08. The third-order valence-electron chi connectivity index (χ3n) is 2.74. The summed E-state index contributed by atoms with van der Waals surface area (Å²) in [6.45, 7) is 14.2. The van der Waals surface area contributed by atoms with Crippen LogP contribution in [0, 0.1) is 5.92 Å². The molecule has 20 heavy (non-hydrogen) atoms. The molecule has 4 heteroatoms. The molecule has 0 fully saturated rings. The van der Waals surface area contributed by atoms with Crippen LogP contribution in [0.3, 0.4) is 0 Å². The maximum Gasteiger partial charge on any atom is 0.216 e. The largest absolute Gasteiger partial charge is 0.356 e. The number of nitrogens with one attached hydrogen (secondary N) is 2. The van der Waals surface area contributed by atoms with E-state index in [4.69, 9.17) is 0 Å². The van der Waals surface area contributed by atoms with Crippen molar-refractivity contribution in [2.45, 2.75) is 79.8 Å². The molecule has 0 radical (unpaired) electrons. The molecular weight excluding hydrogens is 252 g/mol. The van der Waals surface area contributed by atoms with Gasteiger partial charge in [-0.1, -0.05) is 41.5 Å². The Morgan fingerprint density at radius 2 is 1.55 bits per heavy atom. The molecule has 1 unspecified atom stereocenters. The van der Waals surface area contributed by atoms with E-state index in [0.29, 0.717) is 12.6 Å². The molecule has 0 aromatic carbocycles. The number of hydrogen-bond donors (Lipinski definition) is 2. The average Bonchev–Trinajstić information content (AvgIpc) is 2.37. The molecule has 0 aliphatic rings. The third-order valence-corrected chi connectivity index (χ3v) is 2.74. The molecule has 0 aromatic heterocycles. The molecule has 2 N–H and O–H groups in total. The maximum atomic E-state index is 12.0. The van der Waals surface area contributed by atoms with E-state index >= 15 is 0 Å². The number of carbonyl (C=O) groups excluding carboxylic acids is 2. The van der Waals surface area contributed by atoms with Crippen molar-refractivity contribution in [3.63, 3.8) is 0 Å². The minimum Gasteiger partial charge on any atom is -0.356 e. The summed E-state index contributed by atoms with van der Waals surface area (Å²) in [6, 6.07) is 0.260. The molecule has 0 saturated heterocycles. The molecule has 0 saturated carbocycles. The first-order valence-corrected chi connectivity index (χ1v) is 7.88. The third kappa shape index (κ3) is 12.2. The molecule has 120 valence electrons. The highest BCUT2D eigenvalue weighted by Gasteiger charge is 2.20. The van der Waals surface area contributed by atoms with Gasteiger partial charge in [0.05, 0.1) is 6.04 Å². The lowest BCUT2D eigenvalue weighted by Gasteiger charge is -2.22. The minimum atomic E-state index is -0.0534. The van der Waals surface area contributed by atoms with E-state index in [1.807, 2.05) is 27.7 Å². The zero-order valence-corrected chi connectivity index (χ0v) is 14.4. The minimum absolute atomic E-state index is 0.00473. The van der Waals surface area contributed by atoms with E-state index in [2.05, 4.69) is 24.5 Å². The molecule has 0 rings (SSSR count). The van der Waals surface area contributed by atoms with Crippen LogP contribution in [0.25, 0.3) is 0 Å². The Morgan fingerprint density at radius 1 is 1.00 bits per heavy atom. The Hall–Kier alpha value is -0.900. The van der Waals surface area contributed by atoms with E-state index in [1.54, 1.807) is 0 Å². The number of Topliss-reactive ketones (excluding diaryl/α,β-unsaturated/α-hetero) is 1. The molecule has 1 atom stereocenters. The summed E-state index contributed by atoms with van der Waals surface area (Å²) in [6.07, 6.45) is 2.71. The van der Waals surface area contributed by atoms with E-state index in [-0.39, 0.29) is 23.7 Å². The average molecular weight is 286 g/mol. The first kappa shape index (κ1) is 21.4. The lowest BCUT2D eigenvalue weighted by Crippen LogP contribution is -2.42. The van der Waals surface area contributed by atoms with Crippen LogP contribution in [0.1, 0.15) is 67.7 Å². The van der Waals surface area contributed by atoms with Crippen molar-refractivity contribution >= 4 is 11.7 Å². The Balaban J connectivity index is 0. The molecular formula is C16H34N2O2. The standard InChI is InChI=1S/C14H28N2O2.C2H6/c1-10(2)14(18)13(16-11(3)4)8-6-7-9-15-12(5)17;1-2/h10-11,13,16H,6-9H2,1-5H3,(H,15,17);1-2H3. The second-order valence-electron chi connectivity index (χ2n) is 5.41. The summed E-state index contributed by atoms with van der Waals surface area (Å²) < 4.78 is 0. The quantitative estimate of drug-likeness (QED) is 0.641. The molecule has 0 bridgehead atoms. The number of carbonyl (C=O) groups is 2. The van der Waals surface area contributed by atoms with Gasteiger partial charge in [0.25, 0.3) is 0 Å². The molecule has 0 aromatic rings. The summed E-state index contributed by atoms with van der Waals surface area (Å²) in [5, 5.41) is 6.09. The van der Waals surface area contributed by atoms with E-state index in [0.717, 1.165) is 19.3 Å². The second-order valence-corrected chi connectivity index (χ2v) is 5.41. The van der Waals surface area contributed by atoms with Gasteiger partial charge in [-0.05, 0) is 19.3 Å². The van der Waals surface area contributed by atoms with Gasteiger partial charge in [-0.2, -0.15) is 0 Å². The van der Waals surface area contributed by atoms with Gasteiger partial charge in [0, 0.05) is 25.4 Å². The Kier molecular flexibility index (Phi) is 14.0. The van der Waals surface area contributed by atoms with Gasteiger partial charge in [0.15, 0.2) is 5.78 Å². The van der Waals surface area contributed by atoms with Crippen molar-refractivity contribution in [2.24, 2.45) is 5.92 Å². The van der Waals surface area contributed by atoms with Gasteiger partial charge in [-0.15, -0.1) is 0 Å². The van der Waals surface area contributed by atoms with Gasteiger partial charge in [-0.25, -0.2) is 0 Å². The Labute approximate surface area is 125 Å². The predicted octanol–water partition coefficient (Wildman–Crippen LogP) is 2.91. The van der Waals surface area contributed by atoms with Crippen LogP contribution < -0.4 is 10.6 Å². The van der Waals surface area contributed by atoms with Crippen molar-refractivity contribution in [2.75, 3.05) is 6.54 Å². The van der Waals surface area contributed by atoms with Crippen LogP contribution in [0.15, 0.2) is 0 Å². The fourth-order valence-corrected chi connectivity index (χ4v) is 1.85. The lowest BCUT2D eigenvalue weighted by atomic mass is 9.96. The zero-order valence-electron chi connectivity index (χ0n) is 14.4. The van der Waals surface area contributed by atoms with Crippen LogP contribution in [-0.2, 0) is 9.59 Å². The van der Waals surface area contributed by atoms with Crippen molar-refractivity contribution in [3.05, 3.63) is 0 Å². The van der Waals surface area contributed by atoms with Crippen molar-refractivity contribution < 1.29 is 9.59 Å². The van der Waals surface area contributed by atoms with Crippen LogP contribution in [-0.4, -0.2) is 30.3 Å². The number of amides is 1. The predicted molar refractivity (Wildman–Crippen MR) is 85.8 cm³/mol. The van der Waals surface area contributed by atoms with Gasteiger partial charge in [-0.3, -0.25) is 9.59 Å². The SMILES string of the molecule is CC.CC(=O)NCCCCC(NC(C)C)C(=O)C(C)C. The molecule has 0 spiro atoms. The summed E-state index contributed by atoms with van der Waals surface area (Å²) >= 11 is 0. The van der Waals surface area contributed by atoms with Crippen molar-refractivity contribution in [1.82, 2.24) is 10.6 Å². The normalized spacial score (nSPS) is 11.8. The highest BCUT2D eigenvalue weighted by molar-refractivity contribution is 5.85. The van der Waals surface area contributed by atoms with Crippen LogP contribution in [0.5, 0.6) is 0 Å². The highest BCUT2D eigenvalue weighted by atomic mass is 16.1. The smallest absolute Gasteiger partial charge is 0.216 e. The van der Waals surface area contributed by atoms with Crippen LogP contribution in [0.2, 0.25) is 0 Å². The Bertz CT molecular complexity index is 263. The monoisotopic (exact) mass is 286 g/mol. The van der Waals surface area contributed by atoms with E-state index in [1.165, 1.54) is 6.92 Å². The topological polar surface area (TPSA) is 58.2 Å². The fourth-order valence-electron chi connectivity index (χ4n) is 1.85. The van der Waals surface area contributed by atoms with Gasteiger partial charge in [0.1, 0.15) is 0 Å². The van der Waals surface area contributed by atoms with Crippen LogP contribution in [0.4, 0.5) is 0 Å². The molecule has 4 nitrogen and oxygen atoms in total. The number of ketones is 1. The summed E-state index contributed by atoms with van der Waals surface area (Å²) in [7, 11) is 0. The van der Waals surface area contributed by atoms with Crippen LogP contribution >= 0.6 is 0 Å². The summed E-state index contributed by atoms with van der Waals surface area (Å²) in [5.74, 6) is 0.352. The second kappa shape index (κ2) is 13.1. The fraction of sp³-hybridized carbons (Fsp3) is 0.875. The molecule has 1 amide bonds. The summed E-state index contributed by atoms with van der Waals surface area (Å²) in [4.78, 5) is 22.7. The van der Waals surface area contributed by atoms with Crippen molar-refractivity contribution in [1.29, 1.82) is 0 Å². The maximum absolute atomic E-state index is 12.0.